The Morgan fingerprint density at radius 2 is 2.14 bits per heavy atom. The normalized spacial score (nSPS) is 21.4. The van der Waals surface area contributed by atoms with Crippen molar-refractivity contribution in [3.8, 4) is 0 Å². The first-order valence-electron chi connectivity index (χ1n) is 5.06. The number of hydrogen-bond donors (Lipinski definition) is 1. The summed E-state index contributed by atoms with van der Waals surface area (Å²) in [5.74, 6) is 0. The molecule has 0 atom stereocenters. The van der Waals surface area contributed by atoms with Crippen LogP contribution in [-0.4, -0.2) is 21.2 Å². The maximum atomic E-state index is 8.71. The fourth-order valence-corrected chi connectivity index (χ4v) is 2.22. The van der Waals surface area contributed by atoms with Crippen LogP contribution in [0.25, 0.3) is 0 Å². The molecule has 76 valence electrons. The van der Waals surface area contributed by atoms with Crippen molar-refractivity contribution < 1.29 is 5.21 Å². The molecule has 0 spiro atoms. The summed E-state index contributed by atoms with van der Waals surface area (Å²) in [6, 6.07) is 1.90. The topological polar surface area (TPSA) is 50.4 Å². The number of rotatable bonds is 2. The highest BCUT2D eigenvalue weighted by Crippen LogP contribution is 2.32. The highest BCUT2D eigenvalue weighted by molar-refractivity contribution is 5.67. The quantitative estimate of drug-likeness (QED) is 0.443. The molecule has 1 aliphatic rings. The molecule has 1 aliphatic carbocycles. The van der Waals surface area contributed by atoms with Crippen LogP contribution in [-0.2, 0) is 5.54 Å². The molecule has 0 bridgehead atoms. The Morgan fingerprint density at radius 3 is 2.71 bits per heavy atom. The summed E-state index contributed by atoms with van der Waals surface area (Å²) in [7, 11) is 0. The molecule has 1 aromatic rings. The van der Waals surface area contributed by atoms with Crippen molar-refractivity contribution in [1.82, 2.24) is 9.78 Å². The number of aromatic nitrogens is 2. The van der Waals surface area contributed by atoms with E-state index < -0.39 is 0 Å². The van der Waals surface area contributed by atoms with Gasteiger partial charge in [0, 0.05) is 12.4 Å². The Morgan fingerprint density at radius 1 is 1.36 bits per heavy atom. The van der Waals surface area contributed by atoms with Crippen LogP contribution in [0.4, 0.5) is 0 Å². The van der Waals surface area contributed by atoms with E-state index in [-0.39, 0.29) is 5.54 Å². The Kier molecular flexibility index (Phi) is 2.52. The second-order valence-electron chi connectivity index (χ2n) is 3.86. The highest BCUT2D eigenvalue weighted by atomic mass is 16.4. The summed E-state index contributed by atoms with van der Waals surface area (Å²) in [4.78, 5) is 0. The van der Waals surface area contributed by atoms with Gasteiger partial charge in [0.15, 0.2) is 0 Å². The van der Waals surface area contributed by atoms with Crippen molar-refractivity contribution in [3.63, 3.8) is 0 Å². The lowest BCUT2D eigenvalue weighted by Gasteiger charge is -2.33. The Balaban J connectivity index is 2.30. The van der Waals surface area contributed by atoms with E-state index in [1.54, 1.807) is 12.4 Å². The third kappa shape index (κ3) is 1.52. The van der Waals surface area contributed by atoms with Gasteiger partial charge in [0.25, 0.3) is 0 Å². The molecule has 1 N–H and O–H groups in total. The first-order valence-corrected chi connectivity index (χ1v) is 5.06. The maximum Gasteiger partial charge on any atom is 0.101 e. The molecule has 0 unspecified atom stereocenters. The predicted octanol–water partition coefficient (Wildman–Crippen LogP) is 2.00. The van der Waals surface area contributed by atoms with Gasteiger partial charge in [-0.25, -0.2) is 0 Å². The van der Waals surface area contributed by atoms with Crippen LogP contribution in [0.15, 0.2) is 23.6 Å². The highest BCUT2D eigenvalue weighted by Gasteiger charge is 2.32. The van der Waals surface area contributed by atoms with Gasteiger partial charge < -0.3 is 5.21 Å². The standard InChI is InChI=1S/C10H15N3O/c14-12-9-10(5-2-1-3-6-10)13-8-4-7-11-13/h4,7-9,14H,1-3,5-6H2. The van der Waals surface area contributed by atoms with Gasteiger partial charge in [-0.15, -0.1) is 0 Å². The summed E-state index contributed by atoms with van der Waals surface area (Å²) in [6.45, 7) is 0. The van der Waals surface area contributed by atoms with Crippen LogP contribution in [0.1, 0.15) is 32.1 Å². The Bertz CT molecular complexity index is 299. The zero-order valence-electron chi connectivity index (χ0n) is 8.13. The summed E-state index contributed by atoms with van der Waals surface area (Å²) in [5, 5.41) is 16.2. The van der Waals surface area contributed by atoms with E-state index in [4.69, 9.17) is 5.21 Å². The zero-order valence-corrected chi connectivity index (χ0v) is 8.13. The number of nitrogens with zero attached hydrogens (tertiary/aromatic N) is 3. The zero-order chi connectivity index (χ0) is 9.86. The van der Waals surface area contributed by atoms with E-state index in [0.29, 0.717) is 0 Å². The molecule has 0 radical (unpaired) electrons. The first kappa shape index (κ1) is 9.24. The molecule has 1 heterocycles. The van der Waals surface area contributed by atoms with Crippen LogP contribution in [0, 0.1) is 0 Å². The number of hydrogen-bond acceptors (Lipinski definition) is 3. The molecule has 14 heavy (non-hydrogen) atoms. The van der Waals surface area contributed by atoms with Crippen molar-refractivity contribution in [2.75, 3.05) is 0 Å². The van der Waals surface area contributed by atoms with Gasteiger partial charge in [-0.05, 0) is 18.9 Å². The molecule has 0 saturated heterocycles. The average molecular weight is 193 g/mol. The van der Waals surface area contributed by atoms with Gasteiger partial charge in [-0.1, -0.05) is 24.4 Å². The van der Waals surface area contributed by atoms with Crippen LogP contribution in [0.5, 0.6) is 0 Å². The van der Waals surface area contributed by atoms with Crippen LogP contribution >= 0.6 is 0 Å². The Labute approximate surface area is 83.2 Å². The summed E-state index contributed by atoms with van der Waals surface area (Å²) in [6.07, 6.45) is 11.0. The van der Waals surface area contributed by atoms with Gasteiger partial charge in [-0.2, -0.15) is 5.10 Å². The average Bonchev–Trinajstić information content (AvgIpc) is 2.73. The van der Waals surface area contributed by atoms with Crippen molar-refractivity contribution in [2.24, 2.45) is 5.16 Å². The molecule has 4 heteroatoms. The van der Waals surface area contributed by atoms with Gasteiger partial charge in [0.1, 0.15) is 5.54 Å². The molecule has 1 saturated carbocycles. The SMILES string of the molecule is ON=CC1(n2cccn2)CCCCC1. The van der Waals surface area contributed by atoms with Crippen LogP contribution in [0.3, 0.4) is 0 Å². The second kappa shape index (κ2) is 3.82. The lowest BCUT2D eigenvalue weighted by molar-refractivity contribution is 0.249. The second-order valence-corrected chi connectivity index (χ2v) is 3.86. The van der Waals surface area contributed by atoms with E-state index in [1.807, 2.05) is 16.9 Å². The molecule has 4 nitrogen and oxygen atoms in total. The summed E-state index contributed by atoms with van der Waals surface area (Å²) in [5.41, 5.74) is -0.184. The summed E-state index contributed by atoms with van der Waals surface area (Å²) < 4.78 is 1.91. The van der Waals surface area contributed by atoms with Crippen LogP contribution in [0.2, 0.25) is 0 Å². The molecule has 0 aliphatic heterocycles. The minimum Gasteiger partial charge on any atom is -0.411 e. The van der Waals surface area contributed by atoms with E-state index in [9.17, 15) is 0 Å². The van der Waals surface area contributed by atoms with Crippen molar-refractivity contribution in [3.05, 3.63) is 18.5 Å². The van der Waals surface area contributed by atoms with Gasteiger partial charge in [-0.3, -0.25) is 4.68 Å². The smallest absolute Gasteiger partial charge is 0.101 e. The monoisotopic (exact) mass is 193 g/mol. The van der Waals surface area contributed by atoms with Crippen LogP contribution < -0.4 is 0 Å². The van der Waals surface area contributed by atoms with Crippen molar-refractivity contribution in [1.29, 1.82) is 0 Å². The molecule has 1 aromatic heterocycles. The minimum absolute atomic E-state index is 0.184. The molecule has 0 amide bonds. The largest absolute Gasteiger partial charge is 0.411 e. The fraction of sp³-hybridized carbons (Fsp3) is 0.600. The molecule has 2 rings (SSSR count). The maximum absolute atomic E-state index is 8.71. The minimum atomic E-state index is -0.184. The molecule has 1 fully saturated rings. The van der Waals surface area contributed by atoms with E-state index in [1.165, 1.54) is 19.3 Å². The number of oxime groups is 1. The third-order valence-corrected chi connectivity index (χ3v) is 2.98. The molecular formula is C10H15N3O. The van der Waals surface area contributed by atoms with E-state index >= 15 is 0 Å². The van der Waals surface area contributed by atoms with Crippen molar-refractivity contribution in [2.45, 2.75) is 37.6 Å². The summed E-state index contributed by atoms with van der Waals surface area (Å²) >= 11 is 0. The van der Waals surface area contributed by atoms with Gasteiger partial charge >= 0.3 is 0 Å². The van der Waals surface area contributed by atoms with E-state index in [2.05, 4.69) is 10.3 Å². The third-order valence-electron chi connectivity index (χ3n) is 2.98. The first-order chi connectivity index (χ1) is 6.87. The van der Waals surface area contributed by atoms with Crippen molar-refractivity contribution >= 4 is 6.21 Å². The molecule has 0 aromatic carbocycles. The lowest BCUT2D eigenvalue weighted by atomic mass is 9.83. The fourth-order valence-electron chi connectivity index (χ4n) is 2.22. The van der Waals surface area contributed by atoms with E-state index in [0.717, 1.165) is 12.8 Å². The van der Waals surface area contributed by atoms with Gasteiger partial charge in [0.05, 0.1) is 6.21 Å². The predicted molar refractivity (Wildman–Crippen MR) is 53.6 cm³/mol. The lowest BCUT2D eigenvalue weighted by Crippen LogP contribution is -2.37. The van der Waals surface area contributed by atoms with Gasteiger partial charge in [0.2, 0.25) is 0 Å². The Hall–Kier alpha value is -1.32. The molecular weight excluding hydrogens is 178 g/mol.